The zero-order valence-corrected chi connectivity index (χ0v) is 13.4. The molecule has 0 bridgehead atoms. The highest BCUT2D eigenvalue weighted by atomic mass is 16.1. The van der Waals surface area contributed by atoms with Gasteiger partial charge in [0.05, 0.1) is 16.8 Å². The van der Waals surface area contributed by atoms with Crippen molar-refractivity contribution in [3.8, 4) is 11.3 Å². The van der Waals surface area contributed by atoms with E-state index in [1.54, 1.807) is 12.4 Å². The Morgan fingerprint density at radius 1 is 1.04 bits per heavy atom. The molecule has 1 aliphatic rings. The fourth-order valence-electron chi connectivity index (χ4n) is 3.37. The first-order valence-corrected chi connectivity index (χ1v) is 8.42. The Labute approximate surface area is 141 Å². The lowest BCUT2D eigenvalue weighted by Crippen LogP contribution is -2.32. The van der Waals surface area contributed by atoms with Gasteiger partial charge in [-0.1, -0.05) is 31.0 Å². The third-order valence-electron chi connectivity index (χ3n) is 4.63. The van der Waals surface area contributed by atoms with Gasteiger partial charge in [0.2, 0.25) is 0 Å². The molecule has 1 fully saturated rings. The lowest BCUT2D eigenvalue weighted by atomic mass is 10.0. The maximum absolute atomic E-state index is 12.8. The van der Waals surface area contributed by atoms with Crippen molar-refractivity contribution < 1.29 is 4.79 Å². The average Bonchev–Trinajstić information content (AvgIpc) is 3.14. The van der Waals surface area contributed by atoms with E-state index in [9.17, 15) is 4.79 Å². The Kier molecular flexibility index (Phi) is 3.95. The van der Waals surface area contributed by atoms with Crippen molar-refractivity contribution in [1.82, 2.24) is 15.3 Å². The number of hydrogen-bond acceptors (Lipinski definition) is 3. The second-order valence-electron chi connectivity index (χ2n) is 6.26. The highest BCUT2D eigenvalue weighted by molar-refractivity contribution is 6.07. The number of carbonyl (C=O) groups is 1. The summed E-state index contributed by atoms with van der Waals surface area (Å²) in [6.45, 7) is 0. The summed E-state index contributed by atoms with van der Waals surface area (Å²) >= 11 is 0. The van der Waals surface area contributed by atoms with Gasteiger partial charge in [0.25, 0.3) is 5.91 Å². The zero-order valence-electron chi connectivity index (χ0n) is 13.4. The Balaban J connectivity index is 1.79. The minimum absolute atomic E-state index is 0.00388. The van der Waals surface area contributed by atoms with Crippen LogP contribution in [0.1, 0.15) is 36.0 Å². The molecule has 1 aromatic carbocycles. The lowest BCUT2D eigenvalue weighted by molar-refractivity contribution is 0.0939. The topological polar surface area (TPSA) is 54.9 Å². The summed E-state index contributed by atoms with van der Waals surface area (Å²) in [5.41, 5.74) is 3.29. The van der Waals surface area contributed by atoms with Gasteiger partial charge in [0.15, 0.2) is 0 Å². The van der Waals surface area contributed by atoms with Crippen LogP contribution in [0.25, 0.3) is 22.2 Å². The third kappa shape index (κ3) is 2.87. The molecule has 1 N–H and O–H groups in total. The summed E-state index contributed by atoms with van der Waals surface area (Å²) in [5.74, 6) is -0.00388. The monoisotopic (exact) mass is 317 g/mol. The van der Waals surface area contributed by atoms with Crippen LogP contribution in [-0.4, -0.2) is 21.9 Å². The van der Waals surface area contributed by atoms with Crippen LogP contribution in [0.2, 0.25) is 0 Å². The van der Waals surface area contributed by atoms with E-state index in [0.29, 0.717) is 11.6 Å². The molecule has 1 saturated carbocycles. The predicted molar refractivity (Wildman–Crippen MR) is 94.7 cm³/mol. The van der Waals surface area contributed by atoms with Gasteiger partial charge in [0.1, 0.15) is 0 Å². The molecule has 2 heterocycles. The minimum Gasteiger partial charge on any atom is -0.349 e. The molecule has 1 aliphatic carbocycles. The van der Waals surface area contributed by atoms with Gasteiger partial charge in [-0.2, -0.15) is 0 Å². The summed E-state index contributed by atoms with van der Waals surface area (Å²) in [6, 6.07) is 13.8. The molecule has 0 aliphatic heterocycles. The quantitative estimate of drug-likeness (QED) is 0.795. The first kappa shape index (κ1) is 14.8. The molecule has 3 aromatic rings. The van der Waals surface area contributed by atoms with E-state index in [4.69, 9.17) is 4.98 Å². The normalized spacial score (nSPS) is 14.8. The Bertz CT molecular complexity index is 870. The van der Waals surface area contributed by atoms with E-state index in [0.717, 1.165) is 35.0 Å². The number of nitrogens with zero attached hydrogens (tertiary/aromatic N) is 2. The Morgan fingerprint density at radius 2 is 1.79 bits per heavy atom. The lowest BCUT2D eigenvalue weighted by Gasteiger charge is -2.14. The summed E-state index contributed by atoms with van der Waals surface area (Å²) in [5, 5.41) is 4.08. The van der Waals surface area contributed by atoms with Gasteiger partial charge in [-0.15, -0.1) is 0 Å². The molecule has 120 valence electrons. The Morgan fingerprint density at radius 3 is 2.58 bits per heavy atom. The SMILES string of the molecule is O=C(NC1CCCC1)c1cc(-c2ccncc2)nc2ccccc12. The molecule has 4 nitrogen and oxygen atoms in total. The zero-order chi connectivity index (χ0) is 16.4. The summed E-state index contributed by atoms with van der Waals surface area (Å²) < 4.78 is 0. The highest BCUT2D eigenvalue weighted by Crippen LogP contribution is 2.25. The minimum atomic E-state index is -0.00388. The van der Waals surface area contributed by atoms with Gasteiger partial charge in [-0.25, -0.2) is 4.98 Å². The van der Waals surface area contributed by atoms with Gasteiger partial charge >= 0.3 is 0 Å². The van der Waals surface area contributed by atoms with E-state index in [1.165, 1.54) is 12.8 Å². The van der Waals surface area contributed by atoms with Crippen molar-refractivity contribution in [2.45, 2.75) is 31.7 Å². The molecule has 0 radical (unpaired) electrons. The van der Waals surface area contributed by atoms with Gasteiger partial charge in [-0.3, -0.25) is 9.78 Å². The van der Waals surface area contributed by atoms with Crippen molar-refractivity contribution >= 4 is 16.8 Å². The fourth-order valence-corrected chi connectivity index (χ4v) is 3.37. The number of fused-ring (bicyclic) bond motifs is 1. The van der Waals surface area contributed by atoms with Crippen LogP contribution >= 0.6 is 0 Å². The van der Waals surface area contributed by atoms with Crippen molar-refractivity contribution in [1.29, 1.82) is 0 Å². The van der Waals surface area contributed by atoms with Gasteiger partial charge < -0.3 is 5.32 Å². The predicted octanol–water partition coefficient (Wildman–Crippen LogP) is 3.97. The molecule has 0 saturated heterocycles. The smallest absolute Gasteiger partial charge is 0.252 e. The third-order valence-corrected chi connectivity index (χ3v) is 4.63. The maximum atomic E-state index is 12.8. The summed E-state index contributed by atoms with van der Waals surface area (Å²) in [4.78, 5) is 21.6. The van der Waals surface area contributed by atoms with Crippen molar-refractivity contribution in [3.63, 3.8) is 0 Å². The first-order chi connectivity index (χ1) is 11.8. The van der Waals surface area contributed by atoms with Crippen LogP contribution in [0.15, 0.2) is 54.9 Å². The number of hydrogen-bond donors (Lipinski definition) is 1. The molecule has 1 amide bonds. The number of rotatable bonds is 3. The van der Waals surface area contributed by atoms with E-state index >= 15 is 0 Å². The number of aromatic nitrogens is 2. The molecule has 0 atom stereocenters. The molecule has 0 unspecified atom stereocenters. The summed E-state index contributed by atoms with van der Waals surface area (Å²) in [7, 11) is 0. The van der Waals surface area contributed by atoms with E-state index in [1.807, 2.05) is 42.5 Å². The van der Waals surface area contributed by atoms with Crippen LogP contribution < -0.4 is 5.32 Å². The van der Waals surface area contributed by atoms with Gasteiger partial charge in [-0.05, 0) is 37.1 Å². The van der Waals surface area contributed by atoms with Crippen molar-refractivity contribution in [2.75, 3.05) is 0 Å². The van der Waals surface area contributed by atoms with Crippen LogP contribution in [-0.2, 0) is 0 Å². The maximum Gasteiger partial charge on any atom is 0.252 e. The fraction of sp³-hybridized carbons (Fsp3) is 0.250. The standard InChI is InChI=1S/C20H19N3O/c24-20(22-15-5-1-2-6-15)17-13-19(14-9-11-21-12-10-14)23-18-8-4-3-7-16(17)18/h3-4,7-13,15H,1-2,5-6H2,(H,22,24). The van der Waals surface area contributed by atoms with Crippen LogP contribution in [0.4, 0.5) is 0 Å². The van der Waals surface area contributed by atoms with E-state index in [2.05, 4.69) is 10.3 Å². The number of benzene rings is 1. The van der Waals surface area contributed by atoms with E-state index in [-0.39, 0.29) is 5.91 Å². The molecular weight excluding hydrogens is 298 g/mol. The number of amides is 1. The number of carbonyl (C=O) groups excluding carboxylic acids is 1. The molecule has 2 aromatic heterocycles. The Hall–Kier alpha value is -2.75. The highest BCUT2D eigenvalue weighted by Gasteiger charge is 2.20. The number of nitrogens with one attached hydrogen (secondary N) is 1. The van der Waals surface area contributed by atoms with Gasteiger partial charge in [0, 0.05) is 29.4 Å². The average molecular weight is 317 g/mol. The van der Waals surface area contributed by atoms with Crippen molar-refractivity contribution in [3.05, 3.63) is 60.4 Å². The molecular formula is C20H19N3O. The molecule has 4 rings (SSSR count). The second kappa shape index (κ2) is 6.40. The van der Waals surface area contributed by atoms with Crippen LogP contribution in [0, 0.1) is 0 Å². The van der Waals surface area contributed by atoms with Crippen molar-refractivity contribution in [2.24, 2.45) is 0 Å². The molecule has 24 heavy (non-hydrogen) atoms. The largest absolute Gasteiger partial charge is 0.349 e. The molecule has 4 heteroatoms. The number of pyridine rings is 2. The molecule has 0 spiro atoms. The second-order valence-corrected chi connectivity index (χ2v) is 6.26. The van der Waals surface area contributed by atoms with Crippen LogP contribution in [0.3, 0.4) is 0 Å². The number of para-hydroxylation sites is 1. The van der Waals surface area contributed by atoms with E-state index < -0.39 is 0 Å². The van der Waals surface area contributed by atoms with Crippen LogP contribution in [0.5, 0.6) is 0 Å². The summed E-state index contributed by atoms with van der Waals surface area (Å²) in [6.07, 6.45) is 8.03. The first-order valence-electron chi connectivity index (χ1n) is 8.42.